The lowest BCUT2D eigenvalue weighted by molar-refractivity contribution is 0.0827. The van der Waals surface area contributed by atoms with Gasteiger partial charge in [-0.25, -0.2) is 8.42 Å². The molecule has 1 amide bonds. The Bertz CT molecular complexity index is 831. The first-order chi connectivity index (χ1) is 10.7. The van der Waals surface area contributed by atoms with Crippen LogP contribution in [0.4, 0.5) is 5.69 Å². The molecule has 0 atom stereocenters. The molecule has 0 aliphatic carbocycles. The van der Waals surface area contributed by atoms with Crippen LogP contribution >= 0.6 is 11.6 Å². The van der Waals surface area contributed by atoms with Crippen LogP contribution < -0.4 is 4.72 Å². The second-order valence-electron chi connectivity index (χ2n) is 5.29. The Morgan fingerprint density at radius 3 is 2.22 bits per heavy atom. The van der Waals surface area contributed by atoms with Gasteiger partial charge in [-0.3, -0.25) is 9.52 Å². The predicted molar refractivity (Wildman–Crippen MR) is 91.5 cm³/mol. The number of carbonyl (C=O) groups excluding carboxylic acids is 1. The molecular formula is C16H17ClN2O3S. The number of hydrogen-bond donors (Lipinski definition) is 1. The molecule has 0 saturated carbocycles. The molecule has 0 spiro atoms. The van der Waals surface area contributed by atoms with Gasteiger partial charge in [0.15, 0.2) is 0 Å². The summed E-state index contributed by atoms with van der Waals surface area (Å²) < 4.78 is 27.3. The number of amides is 1. The van der Waals surface area contributed by atoms with Gasteiger partial charge in [-0.2, -0.15) is 0 Å². The summed E-state index contributed by atoms with van der Waals surface area (Å²) >= 11 is 5.86. The van der Waals surface area contributed by atoms with Gasteiger partial charge in [-0.15, -0.1) is 0 Å². The van der Waals surface area contributed by atoms with Crippen LogP contribution in [-0.4, -0.2) is 33.3 Å². The molecule has 2 aromatic rings. The molecule has 0 saturated heterocycles. The van der Waals surface area contributed by atoms with Crippen molar-refractivity contribution in [2.75, 3.05) is 18.8 Å². The fourth-order valence-electron chi connectivity index (χ4n) is 1.98. The van der Waals surface area contributed by atoms with Crippen LogP contribution in [0.5, 0.6) is 0 Å². The minimum atomic E-state index is -3.73. The third-order valence-corrected chi connectivity index (χ3v) is 4.87. The van der Waals surface area contributed by atoms with Gasteiger partial charge in [-0.05, 0) is 55.0 Å². The molecule has 2 aromatic carbocycles. The van der Waals surface area contributed by atoms with Crippen LogP contribution in [0.2, 0.25) is 5.02 Å². The van der Waals surface area contributed by atoms with Crippen LogP contribution in [0.1, 0.15) is 15.9 Å². The highest BCUT2D eigenvalue weighted by Gasteiger charge is 2.16. The van der Waals surface area contributed by atoms with Gasteiger partial charge in [-0.1, -0.05) is 11.6 Å². The van der Waals surface area contributed by atoms with Crippen molar-refractivity contribution in [3.05, 3.63) is 58.6 Å². The Morgan fingerprint density at radius 1 is 1.09 bits per heavy atom. The summed E-state index contributed by atoms with van der Waals surface area (Å²) in [6.07, 6.45) is 0. The largest absolute Gasteiger partial charge is 0.345 e. The van der Waals surface area contributed by atoms with Crippen LogP contribution in [0.15, 0.2) is 47.4 Å². The average Bonchev–Trinajstić information content (AvgIpc) is 2.49. The Hall–Kier alpha value is -2.05. The number of nitrogens with zero attached hydrogens (tertiary/aromatic N) is 1. The maximum absolute atomic E-state index is 12.4. The van der Waals surface area contributed by atoms with Crippen molar-refractivity contribution >= 4 is 33.2 Å². The third-order valence-electron chi connectivity index (χ3n) is 3.25. The first-order valence-corrected chi connectivity index (χ1v) is 8.67. The molecule has 0 aliphatic heterocycles. The van der Waals surface area contributed by atoms with E-state index < -0.39 is 10.0 Å². The number of benzene rings is 2. The zero-order valence-electron chi connectivity index (χ0n) is 13.0. The second kappa shape index (κ2) is 6.60. The lowest BCUT2D eigenvalue weighted by atomic mass is 10.2. The Kier molecular flexibility index (Phi) is 4.97. The van der Waals surface area contributed by atoms with E-state index in [1.807, 2.05) is 0 Å². The number of halogens is 1. The molecule has 0 aromatic heterocycles. The van der Waals surface area contributed by atoms with E-state index in [4.69, 9.17) is 11.6 Å². The van der Waals surface area contributed by atoms with Gasteiger partial charge in [0.25, 0.3) is 15.9 Å². The van der Waals surface area contributed by atoms with E-state index in [0.717, 1.165) is 5.56 Å². The minimum absolute atomic E-state index is 0.0853. The van der Waals surface area contributed by atoms with Crippen molar-refractivity contribution < 1.29 is 13.2 Å². The Morgan fingerprint density at radius 2 is 1.70 bits per heavy atom. The fraction of sp³-hybridized carbons (Fsp3) is 0.188. The maximum atomic E-state index is 12.4. The zero-order valence-corrected chi connectivity index (χ0v) is 14.6. The molecular weight excluding hydrogens is 336 g/mol. The second-order valence-corrected chi connectivity index (χ2v) is 7.41. The highest BCUT2D eigenvalue weighted by molar-refractivity contribution is 7.92. The predicted octanol–water partition coefficient (Wildman–Crippen LogP) is 3.15. The van der Waals surface area contributed by atoms with Crippen molar-refractivity contribution in [3.63, 3.8) is 0 Å². The normalized spacial score (nSPS) is 11.1. The number of anilines is 1. The van der Waals surface area contributed by atoms with Crippen molar-refractivity contribution in [3.8, 4) is 0 Å². The van der Waals surface area contributed by atoms with Gasteiger partial charge >= 0.3 is 0 Å². The third kappa shape index (κ3) is 4.03. The minimum Gasteiger partial charge on any atom is -0.345 e. The molecule has 1 N–H and O–H groups in total. The van der Waals surface area contributed by atoms with E-state index in [1.54, 1.807) is 39.2 Å². The van der Waals surface area contributed by atoms with Crippen LogP contribution in [0.25, 0.3) is 0 Å². The van der Waals surface area contributed by atoms with Gasteiger partial charge in [0, 0.05) is 24.7 Å². The molecule has 23 heavy (non-hydrogen) atoms. The SMILES string of the molecule is Cc1cc(Cl)ccc1NS(=O)(=O)c1ccc(C(=O)N(C)C)cc1. The summed E-state index contributed by atoms with van der Waals surface area (Å²) in [7, 11) is -0.456. The lowest BCUT2D eigenvalue weighted by Gasteiger charge is -2.12. The monoisotopic (exact) mass is 352 g/mol. The molecule has 0 unspecified atom stereocenters. The van der Waals surface area contributed by atoms with Gasteiger partial charge < -0.3 is 4.90 Å². The molecule has 7 heteroatoms. The molecule has 2 rings (SSSR count). The maximum Gasteiger partial charge on any atom is 0.261 e. The number of rotatable bonds is 4. The Labute approximate surface area is 140 Å². The summed E-state index contributed by atoms with van der Waals surface area (Å²) in [6, 6.07) is 10.7. The number of sulfonamides is 1. The number of aryl methyl sites for hydroxylation is 1. The number of nitrogens with one attached hydrogen (secondary N) is 1. The average molecular weight is 353 g/mol. The van der Waals surface area contributed by atoms with Crippen molar-refractivity contribution in [1.29, 1.82) is 0 Å². The zero-order chi connectivity index (χ0) is 17.2. The first kappa shape index (κ1) is 17.3. The van der Waals surface area contributed by atoms with E-state index in [0.29, 0.717) is 16.3 Å². The number of hydrogen-bond acceptors (Lipinski definition) is 3. The molecule has 0 radical (unpaired) electrons. The quantitative estimate of drug-likeness (QED) is 0.919. The van der Waals surface area contributed by atoms with Crippen molar-refractivity contribution in [2.24, 2.45) is 0 Å². The molecule has 5 nitrogen and oxygen atoms in total. The van der Waals surface area contributed by atoms with Gasteiger partial charge in [0.05, 0.1) is 10.6 Å². The smallest absolute Gasteiger partial charge is 0.261 e. The van der Waals surface area contributed by atoms with Gasteiger partial charge in [0.2, 0.25) is 0 Å². The summed E-state index contributed by atoms with van der Waals surface area (Å²) in [6.45, 7) is 1.77. The molecule has 0 aliphatic rings. The summed E-state index contributed by atoms with van der Waals surface area (Å²) in [5.41, 5.74) is 1.61. The Balaban J connectivity index is 2.27. The fourth-order valence-corrected chi connectivity index (χ4v) is 3.34. The van der Waals surface area contributed by atoms with Gasteiger partial charge in [0.1, 0.15) is 0 Å². The standard InChI is InChI=1S/C16H17ClN2O3S/c1-11-10-13(17)6-9-15(11)18-23(21,22)14-7-4-12(5-8-14)16(20)19(2)3/h4-10,18H,1-3H3. The van der Waals surface area contributed by atoms with E-state index in [-0.39, 0.29) is 10.8 Å². The number of carbonyl (C=O) groups is 1. The van der Waals surface area contributed by atoms with E-state index in [9.17, 15) is 13.2 Å². The first-order valence-electron chi connectivity index (χ1n) is 6.81. The summed E-state index contributed by atoms with van der Waals surface area (Å²) in [4.78, 5) is 13.3. The topological polar surface area (TPSA) is 66.5 Å². The highest BCUT2D eigenvalue weighted by Crippen LogP contribution is 2.23. The summed E-state index contributed by atoms with van der Waals surface area (Å²) in [5, 5.41) is 0.539. The van der Waals surface area contributed by atoms with E-state index in [2.05, 4.69) is 4.72 Å². The van der Waals surface area contributed by atoms with Crippen molar-refractivity contribution in [2.45, 2.75) is 11.8 Å². The molecule has 0 bridgehead atoms. The van der Waals surface area contributed by atoms with Crippen LogP contribution in [-0.2, 0) is 10.0 Å². The van der Waals surface area contributed by atoms with Crippen LogP contribution in [0.3, 0.4) is 0 Å². The molecule has 0 heterocycles. The molecule has 0 fully saturated rings. The van der Waals surface area contributed by atoms with E-state index >= 15 is 0 Å². The van der Waals surface area contributed by atoms with E-state index in [1.165, 1.54) is 29.2 Å². The highest BCUT2D eigenvalue weighted by atomic mass is 35.5. The summed E-state index contributed by atoms with van der Waals surface area (Å²) in [5.74, 6) is -0.185. The van der Waals surface area contributed by atoms with Crippen LogP contribution in [0, 0.1) is 6.92 Å². The lowest BCUT2D eigenvalue weighted by Crippen LogP contribution is -2.21. The van der Waals surface area contributed by atoms with Crippen molar-refractivity contribution in [1.82, 2.24) is 4.90 Å². The molecule has 122 valence electrons.